The van der Waals surface area contributed by atoms with E-state index in [1.54, 1.807) is 18.2 Å². The number of fused-ring (bicyclic) bond motifs is 1. The molecule has 0 aliphatic rings. The molecule has 0 aliphatic heterocycles. The maximum absolute atomic E-state index is 12.3. The zero-order valence-electron chi connectivity index (χ0n) is 9.95. The largest absolute Gasteiger partial charge is 0.432 e. The van der Waals surface area contributed by atoms with Gasteiger partial charge in [-0.05, 0) is 18.1 Å². The van der Waals surface area contributed by atoms with Crippen molar-refractivity contribution in [3.05, 3.63) is 35.0 Å². The molecule has 0 amide bonds. The molecule has 0 fully saturated rings. The van der Waals surface area contributed by atoms with Crippen LogP contribution in [0.4, 0.5) is 8.78 Å². The lowest BCUT2D eigenvalue weighted by Gasteiger charge is -2.11. The molecule has 0 spiro atoms. The second-order valence-corrected chi connectivity index (χ2v) is 4.62. The van der Waals surface area contributed by atoms with Crippen LogP contribution in [0, 0.1) is 0 Å². The summed E-state index contributed by atoms with van der Waals surface area (Å²) in [6.07, 6.45) is 0. The van der Waals surface area contributed by atoms with Crippen molar-refractivity contribution in [2.45, 2.75) is 26.4 Å². The first-order valence-electron chi connectivity index (χ1n) is 5.53. The minimum absolute atomic E-state index is 0.0481. The van der Waals surface area contributed by atoms with E-state index in [1.807, 2.05) is 13.8 Å². The summed E-state index contributed by atoms with van der Waals surface area (Å²) in [4.78, 5) is 4.35. The number of halogens is 3. The van der Waals surface area contributed by atoms with E-state index in [1.165, 1.54) is 6.07 Å². The summed E-state index contributed by atoms with van der Waals surface area (Å²) in [5.41, 5.74) is 1.12. The highest BCUT2D eigenvalue weighted by molar-refractivity contribution is 6.35. The van der Waals surface area contributed by atoms with Gasteiger partial charge in [0.1, 0.15) is 5.52 Å². The van der Waals surface area contributed by atoms with E-state index in [0.29, 0.717) is 15.9 Å². The van der Waals surface area contributed by atoms with Gasteiger partial charge in [-0.25, -0.2) is 4.98 Å². The average Bonchev–Trinajstić information content (AvgIpc) is 2.29. The van der Waals surface area contributed by atoms with Crippen LogP contribution in [0.1, 0.15) is 25.5 Å². The number of rotatable bonds is 3. The lowest BCUT2D eigenvalue weighted by Crippen LogP contribution is -2.03. The van der Waals surface area contributed by atoms with Crippen LogP contribution in [-0.4, -0.2) is 11.6 Å². The molecule has 18 heavy (non-hydrogen) atoms. The van der Waals surface area contributed by atoms with E-state index in [9.17, 15) is 8.78 Å². The van der Waals surface area contributed by atoms with Gasteiger partial charge < -0.3 is 4.74 Å². The Hall–Kier alpha value is -1.42. The van der Waals surface area contributed by atoms with Gasteiger partial charge >= 0.3 is 6.61 Å². The zero-order valence-corrected chi connectivity index (χ0v) is 10.7. The van der Waals surface area contributed by atoms with Crippen molar-refractivity contribution in [2.24, 2.45) is 0 Å². The Morgan fingerprint density at radius 3 is 2.61 bits per heavy atom. The molecule has 0 saturated heterocycles. The number of nitrogens with zero attached hydrogens (tertiary/aromatic N) is 1. The molecule has 2 rings (SSSR count). The van der Waals surface area contributed by atoms with Gasteiger partial charge in [-0.15, -0.1) is 0 Å². The fourth-order valence-corrected chi connectivity index (χ4v) is 1.95. The van der Waals surface area contributed by atoms with Crippen molar-refractivity contribution in [1.82, 2.24) is 4.98 Å². The number of pyridine rings is 1. The molecule has 0 atom stereocenters. The molecule has 1 aromatic carbocycles. The fourth-order valence-electron chi connectivity index (χ4n) is 1.69. The van der Waals surface area contributed by atoms with Crippen LogP contribution in [0.3, 0.4) is 0 Å². The lowest BCUT2D eigenvalue weighted by molar-refractivity contribution is -0.0489. The summed E-state index contributed by atoms with van der Waals surface area (Å²) < 4.78 is 29.1. The summed E-state index contributed by atoms with van der Waals surface area (Å²) in [6.45, 7) is 1.04. The third kappa shape index (κ3) is 2.53. The number of alkyl halides is 2. The molecule has 1 aromatic heterocycles. The van der Waals surface area contributed by atoms with Crippen LogP contribution in [0.25, 0.3) is 10.9 Å². The molecule has 0 unspecified atom stereocenters. The van der Waals surface area contributed by atoms with Gasteiger partial charge in [-0.1, -0.05) is 37.6 Å². The zero-order chi connectivity index (χ0) is 13.3. The molecule has 0 N–H and O–H groups in total. The molecule has 0 bridgehead atoms. The first-order valence-corrected chi connectivity index (χ1v) is 5.91. The summed E-state index contributed by atoms with van der Waals surface area (Å²) in [5, 5.41) is 1.10. The van der Waals surface area contributed by atoms with Crippen molar-refractivity contribution < 1.29 is 13.5 Å². The number of hydrogen-bond acceptors (Lipinski definition) is 2. The summed E-state index contributed by atoms with van der Waals surface area (Å²) in [5.74, 6) is 0.207. The van der Waals surface area contributed by atoms with Crippen molar-refractivity contribution in [1.29, 1.82) is 0 Å². The number of para-hydroxylation sites is 1. The Balaban J connectivity index is 2.65. The number of hydrogen-bond donors (Lipinski definition) is 0. The molecule has 0 radical (unpaired) electrons. The number of aromatic nitrogens is 1. The summed E-state index contributed by atoms with van der Waals surface area (Å²) in [7, 11) is 0. The van der Waals surface area contributed by atoms with Gasteiger partial charge in [-0.3, -0.25) is 0 Å². The maximum atomic E-state index is 12.3. The minimum atomic E-state index is -2.88. The first-order chi connectivity index (χ1) is 8.49. The topological polar surface area (TPSA) is 22.1 Å². The summed E-state index contributed by atoms with van der Waals surface area (Å²) in [6, 6.07) is 6.55. The van der Waals surface area contributed by atoms with E-state index in [2.05, 4.69) is 9.72 Å². The smallest absolute Gasteiger partial charge is 0.387 e. The van der Waals surface area contributed by atoms with E-state index in [0.717, 1.165) is 5.69 Å². The predicted molar refractivity (Wildman–Crippen MR) is 67.5 cm³/mol. The first kappa shape index (κ1) is 13.0. The number of ether oxygens (including phenoxy) is 1. The predicted octanol–water partition coefficient (Wildman–Crippen LogP) is 4.61. The van der Waals surface area contributed by atoms with E-state index < -0.39 is 6.61 Å². The highest BCUT2D eigenvalue weighted by Crippen LogP contribution is 2.32. The Labute approximate surface area is 109 Å². The van der Waals surface area contributed by atoms with Gasteiger partial charge in [0.05, 0.1) is 5.02 Å². The second kappa shape index (κ2) is 5.06. The van der Waals surface area contributed by atoms with Crippen LogP contribution in [-0.2, 0) is 0 Å². The van der Waals surface area contributed by atoms with E-state index in [-0.39, 0.29) is 11.7 Å². The highest BCUT2D eigenvalue weighted by Gasteiger charge is 2.13. The SMILES string of the molecule is CC(C)c1cc(Cl)c2cccc(OC(F)F)c2n1. The van der Waals surface area contributed by atoms with Gasteiger partial charge in [-0.2, -0.15) is 8.78 Å². The molecule has 96 valence electrons. The van der Waals surface area contributed by atoms with Crippen molar-refractivity contribution in [3.63, 3.8) is 0 Å². The van der Waals surface area contributed by atoms with Crippen LogP contribution < -0.4 is 4.74 Å². The van der Waals surface area contributed by atoms with Crippen LogP contribution in [0.5, 0.6) is 5.75 Å². The van der Waals surface area contributed by atoms with Gasteiger partial charge in [0, 0.05) is 11.1 Å². The molecule has 0 saturated carbocycles. The number of benzene rings is 1. The standard InChI is InChI=1S/C13H12ClF2NO/c1-7(2)10-6-9(14)8-4-3-5-11(12(8)17-10)18-13(15)16/h3-7,13H,1-2H3. The molecular formula is C13H12ClF2NO. The lowest BCUT2D eigenvalue weighted by atomic mass is 10.1. The fraction of sp³-hybridized carbons (Fsp3) is 0.308. The summed E-state index contributed by atoms with van der Waals surface area (Å²) >= 11 is 6.13. The average molecular weight is 272 g/mol. The molecule has 0 aliphatic carbocycles. The monoisotopic (exact) mass is 271 g/mol. The van der Waals surface area contributed by atoms with E-state index >= 15 is 0 Å². The third-order valence-corrected chi connectivity index (χ3v) is 2.89. The Morgan fingerprint density at radius 1 is 1.28 bits per heavy atom. The van der Waals surface area contributed by atoms with Crippen molar-refractivity contribution in [2.75, 3.05) is 0 Å². The third-order valence-electron chi connectivity index (χ3n) is 2.58. The molecular weight excluding hydrogens is 260 g/mol. The Morgan fingerprint density at radius 2 is 2.00 bits per heavy atom. The molecule has 5 heteroatoms. The van der Waals surface area contributed by atoms with Gasteiger partial charge in [0.15, 0.2) is 5.75 Å². The Bertz CT molecular complexity index is 572. The Kier molecular flexibility index (Phi) is 3.66. The van der Waals surface area contributed by atoms with Crippen LogP contribution in [0.15, 0.2) is 24.3 Å². The maximum Gasteiger partial charge on any atom is 0.387 e. The van der Waals surface area contributed by atoms with Crippen molar-refractivity contribution in [3.8, 4) is 5.75 Å². The minimum Gasteiger partial charge on any atom is -0.432 e. The van der Waals surface area contributed by atoms with Crippen LogP contribution >= 0.6 is 11.6 Å². The van der Waals surface area contributed by atoms with Crippen LogP contribution in [0.2, 0.25) is 5.02 Å². The van der Waals surface area contributed by atoms with Gasteiger partial charge in [0.2, 0.25) is 0 Å². The molecule has 2 nitrogen and oxygen atoms in total. The second-order valence-electron chi connectivity index (χ2n) is 4.21. The molecule has 2 aromatic rings. The molecule has 1 heterocycles. The van der Waals surface area contributed by atoms with E-state index in [4.69, 9.17) is 11.6 Å². The normalized spacial score (nSPS) is 11.5. The quantitative estimate of drug-likeness (QED) is 0.813. The highest BCUT2D eigenvalue weighted by atomic mass is 35.5. The van der Waals surface area contributed by atoms with Gasteiger partial charge in [0.25, 0.3) is 0 Å². The van der Waals surface area contributed by atoms with Crippen molar-refractivity contribution >= 4 is 22.5 Å².